The van der Waals surface area contributed by atoms with Crippen LogP contribution in [0.25, 0.3) is 0 Å². The fourth-order valence-corrected chi connectivity index (χ4v) is 10.8. The van der Waals surface area contributed by atoms with Crippen LogP contribution in [0.4, 0.5) is 0 Å². The molecule has 0 radical (unpaired) electrons. The van der Waals surface area contributed by atoms with E-state index in [0.29, 0.717) is 31.1 Å². The van der Waals surface area contributed by atoms with Crippen molar-refractivity contribution in [1.82, 2.24) is 0 Å². The van der Waals surface area contributed by atoms with Gasteiger partial charge in [0.25, 0.3) is 0 Å². The Hall–Kier alpha value is -1.10. The summed E-state index contributed by atoms with van der Waals surface area (Å²) in [5, 5.41) is 11.0. The molecule has 8 rings (SSSR count). The molecule has 36 heavy (non-hydrogen) atoms. The Bertz CT molecular complexity index is 855. The molecular weight excluding hydrogens is 452 g/mol. The van der Waals surface area contributed by atoms with Gasteiger partial charge in [-0.2, -0.15) is 0 Å². The van der Waals surface area contributed by atoms with E-state index in [1.54, 1.807) is 0 Å². The lowest BCUT2D eigenvalue weighted by atomic mass is 9.46. The normalized spacial score (nSPS) is 46.0. The minimum absolute atomic E-state index is 0.124. The van der Waals surface area contributed by atoms with Gasteiger partial charge in [-0.3, -0.25) is 9.59 Å². The number of ether oxygens (including phenoxy) is 2. The highest BCUT2D eigenvalue weighted by Gasteiger charge is 2.60. The van der Waals surface area contributed by atoms with Gasteiger partial charge < -0.3 is 14.6 Å². The zero-order valence-corrected chi connectivity index (χ0v) is 23.0. The lowest BCUT2D eigenvalue weighted by Crippen LogP contribution is -2.60. The van der Waals surface area contributed by atoms with Gasteiger partial charge in [0, 0.05) is 11.8 Å². The topological polar surface area (TPSA) is 72.8 Å². The van der Waals surface area contributed by atoms with E-state index >= 15 is 0 Å². The molecule has 0 heterocycles. The minimum atomic E-state index is -0.647. The van der Waals surface area contributed by atoms with Gasteiger partial charge in [0.2, 0.25) is 0 Å². The zero-order chi connectivity index (χ0) is 25.5. The maximum atomic E-state index is 13.5. The second kappa shape index (κ2) is 8.45. The Morgan fingerprint density at radius 2 is 1.39 bits per heavy atom. The van der Waals surface area contributed by atoms with Crippen LogP contribution in [0.1, 0.15) is 118 Å². The predicted molar refractivity (Wildman–Crippen MR) is 137 cm³/mol. The lowest BCUT2D eigenvalue weighted by molar-refractivity contribution is -0.222. The number of carbonyl (C=O) groups is 2. The summed E-state index contributed by atoms with van der Waals surface area (Å²) in [5.41, 5.74) is -1.48. The molecule has 5 heteroatoms. The average Bonchev–Trinajstić information content (AvgIpc) is 2.73. The fourth-order valence-electron chi connectivity index (χ4n) is 10.8. The van der Waals surface area contributed by atoms with Crippen LogP contribution in [-0.2, 0) is 19.1 Å². The standard InChI is InChI=1S/C31H48O5/c1-5-25(27(33)35-28(3,4)29-11-20-7-21(12-29)9-22(8-20)13-29)6-19(2)26(32)36-31-16-23-10-24(17-31)15-30(34,14-23)18-31/h19-25,34H,5-18H2,1-4H3. The van der Waals surface area contributed by atoms with Crippen LogP contribution >= 0.6 is 0 Å². The molecule has 0 aromatic heterocycles. The molecule has 8 fully saturated rings. The first kappa shape index (κ1) is 25.2. The molecule has 8 aliphatic carbocycles. The Morgan fingerprint density at radius 3 is 1.89 bits per heavy atom. The highest BCUT2D eigenvalue weighted by atomic mass is 16.6. The molecule has 0 aromatic carbocycles. The van der Waals surface area contributed by atoms with Gasteiger partial charge in [-0.25, -0.2) is 0 Å². The zero-order valence-electron chi connectivity index (χ0n) is 23.0. The van der Waals surface area contributed by atoms with Crippen molar-refractivity contribution in [2.75, 3.05) is 0 Å². The molecule has 1 N–H and O–H groups in total. The Morgan fingerprint density at radius 1 is 0.861 bits per heavy atom. The summed E-state index contributed by atoms with van der Waals surface area (Å²) >= 11 is 0. The molecule has 8 bridgehead atoms. The minimum Gasteiger partial charge on any atom is -0.459 e. The SMILES string of the molecule is CCC(CC(C)C(=O)OC12CC3CC(CC(O)(C3)C1)C2)C(=O)OC(C)(C)C12CC3CC(CC(C3)C1)C2. The smallest absolute Gasteiger partial charge is 0.309 e. The second-order valence-electron chi connectivity index (χ2n) is 15.2. The van der Waals surface area contributed by atoms with Crippen molar-refractivity contribution in [3.05, 3.63) is 0 Å². The van der Waals surface area contributed by atoms with Crippen LogP contribution in [0, 0.1) is 46.8 Å². The molecule has 5 nitrogen and oxygen atoms in total. The Labute approximate surface area is 217 Å². The van der Waals surface area contributed by atoms with E-state index in [1.807, 2.05) is 13.8 Å². The number of hydrogen-bond donors (Lipinski definition) is 1. The number of esters is 2. The first-order valence-electron chi connectivity index (χ1n) is 15.1. The van der Waals surface area contributed by atoms with E-state index in [4.69, 9.17) is 9.47 Å². The first-order valence-corrected chi connectivity index (χ1v) is 15.1. The molecule has 0 spiro atoms. The van der Waals surface area contributed by atoms with Crippen molar-refractivity contribution in [2.45, 2.75) is 134 Å². The van der Waals surface area contributed by atoms with E-state index in [1.165, 1.54) is 44.9 Å². The average molecular weight is 501 g/mol. The molecule has 8 saturated carbocycles. The molecular formula is C31H48O5. The van der Waals surface area contributed by atoms with E-state index < -0.39 is 16.8 Å². The molecule has 202 valence electrons. The summed E-state index contributed by atoms with van der Waals surface area (Å²) in [4.78, 5) is 26.8. The number of hydrogen-bond acceptors (Lipinski definition) is 5. The van der Waals surface area contributed by atoms with Crippen molar-refractivity contribution >= 4 is 11.9 Å². The maximum absolute atomic E-state index is 13.5. The maximum Gasteiger partial charge on any atom is 0.309 e. The van der Waals surface area contributed by atoms with Gasteiger partial charge in [-0.05, 0) is 127 Å². The van der Waals surface area contributed by atoms with E-state index in [0.717, 1.165) is 43.4 Å². The van der Waals surface area contributed by atoms with Gasteiger partial charge in [0.1, 0.15) is 11.2 Å². The first-order chi connectivity index (χ1) is 16.9. The quantitative estimate of drug-likeness (QED) is 0.402. The van der Waals surface area contributed by atoms with Crippen LogP contribution in [0.15, 0.2) is 0 Å². The number of carbonyl (C=O) groups excluding carboxylic acids is 2. The third-order valence-corrected chi connectivity index (χ3v) is 11.8. The third kappa shape index (κ3) is 4.24. The van der Waals surface area contributed by atoms with Crippen molar-refractivity contribution in [1.29, 1.82) is 0 Å². The molecule has 8 aliphatic rings. The van der Waals surface area contributed by atoms with Crippen LogP contribution in [0.5, 0.6) is 0 Å². The Kier molecular flexibility index (Phi) is 5.91. The predicted octanol–water partition coefficient (Wildman–Crippen LogP) is 6.20. The summed E-state index contributed by atoms with van der Waals surface area (Å²) < 4.78 is 12.6. The summed E-state index contributed by atoms with van der Waals surface area (Å²) in [7, 11) is 0. The summed E-state index contributed by atoms with van der Waals surface area (Å²) in [5.74, 6) is 2.41. The Balaban J connectivity index is 1.08. The van der Waals surface area contributed by atoms with Gasteiger partial charge in [0.05, 0.1) is 17.4 Å². The molecule has 4 atom stereocenters. The molecule has 0 saturated heterocycles. The van der Waals surface area contributed by atoms with E-state index in [9.17, 15) is 14.7 Å². The lowest BCUT2D eigenvalue weighted by Gasteiger charge is -2.61. The highest BCUT2D eigenvalue weighted by Crippen LogP contribution is 2.64. The van der Waals surface area contributed by atoms with Gasteiger partial charge in [-0.15, -0.1) is 0 Å². The largest absolute Gasteiger partial charge is 0.459 e. The van der Waals surface area contributed by atoms with Crippen LogP contribution in [0.3, 0.4) is 0 Å². The molecule has 4 unspecified atom stereocenters. The van der Waals surface area contributed by atoms with Crippen LogP contribution < -0.4 is 0 Å². The third-order valence-electron chi connectivity index (χ3n) is 11.8. The molecule has 0 amide bonds. The van der Waals surface area contributed by atoms with E-state index in [2.05, 4.69) is 13.8 Å². The van der Waals surface area contributed by atoms with Crippen LogP contribution in [0.2, 0.25) is 0 Å². The molecule has 0 aromatic rings. The van der Waals surface area contributed by atoms with Crippen molar-refractivity contribution in [3.63, 3.8) is 0 Å². The van der Waals surface area contributed by atoms with Crippen molar-refractivity contribution in [2.24, 2.45) is 46.8 Å². The summed E-state index contributed by atoms with van der Waals surface area (Å²) in [6.07, 6.45) is 14.1. The fraction of sp³-hybridized carbons (Fsp3) is 0.935. The summed E-state index contributed by atoms with van der Waals surface area (Å²) in [6.45, 7) is 8.23. The van der Waals surface area contributed by atoms with E-state index in [-0.39, 0.29) is 29.2 Å². The number of rotatable bonds is 8. The van der Waals surface area contributed by atoms with Gasteiger partial charge in [0.15, 0.2) is 0 Å². The monoisotopic (exact) mass is 500 g/mol. The second-order valence-corrected chi connectivity index (χ2v) is 15.2. The summed E-state index contributed by atoms with van der Waals surface area (Å²) in [6, 6.07) is 0. The number of aliphatic hydroxyl groups is 1. The van der Waals surface area contributed by atoms with Crippen molar-refractivity contribution < 1.29 is 24.2 Å². The van der Waals surface area contributed by atoms with Crippen LogP contribution in [-0.4, -0.2) is 33.8 Å². The highest BCUT2D eigenvalue weighted by molar-refractivity contribution is 5.76. The van der Waals surface area contributed by atoms with Gasteiger partial charge >= 0.3 is 11.9 Å². The van der Waals surface area contributed by atoms with Crippen molar-refractivity contribution in [3.8, 4) is 0 Å². The van der Waals surface area contributed by atoms with Gasteiger partial charge in [-0.1, -0.05) is 13.8 Å². The molecule has 0 aliphatic heterocycles.